The summed E-state index contributed by atoms with van der Waals surface area (Å²) < 4.78 is 27.9. The molecule has 3 aromatic carbocycles. The van der Waals surface area contributed by atoms with Gasteiger partial charge in [0, 0.05) is 12.1 Å². The molecule has 0 aromatic heterocycles. The van der Waals surface area contributed by atoms with Gasteiger partial charge in [0.25, 0.3) is 15.7 Å². The molecule has 8 nitrogen and oxygen atoms in total. The highest BCUT2D eigenvalue weighted by Crippen LogP contribution is 2.26. The number of hydrogen-bond donors (Lipinski definition) is 1. The number of carbonyl (C=O) groups is 1. The maximum Gasteiger partial charge on any atom is 0.271 e. The number of nitro groups is 1. The zero-order valence-corrected chi connectivity index (χ0v) is 18.7. The van der Waals surface area contributed by atoms with Gasteiger partial charge in [0.05, 0.1) is 21.2 Å². The summed E-state index contributed by atoms with van der Waals surface area (Å²) in [6.45, 7) is 4.87. The van der Waals surface area contributed by atoms with E-state index in [2.05, 4.69) is 5.32 Å². The van der Waals surface area contributed by atoms with Crippen LogP contribution < -0.4 is 9.62 Å². The second-order valence-corrected chi connectivity index (χ2v) is 9.33. The van der Waals surface area contributed by atoms with Crippen molar-refractivity contribution >= 4 is 33.0 Å². The molecule has 0 bridgehead atoms. The summed E-state index contributed by atoms with van der Waals surface area (Å²) in [5, 5.41) is 13.7. The van der Waals surface area contributed by atoms with Crippen molar-refractivity contribution in [1.29, 1.82) is 0 Å². The van der Waals surface area contributed by atoms with Gasteiger partial charge in [-0.25, -0.2) is 8.42 Å². The molecule has 0 spiro atoms. The van der Waals surface area contributed by atoms with Crippen LogP contribution >= 0.6 is 0 Å². The van der Waals surface area contributed by atoms with Gasteiger partial charge in [0.2, 0.25) is 5.91 Å². The average Bonchev–Trinajstić information content (AvgIpc) is 2.73. The van der Waals surface area contributed by atoms with Crippen molar-refractivity contribution in [2.24, 2.45) is 0 Å². The van der Waals surface area contributed by atoms with Crippen LogP contribution in [0.5, 0.6) is 0 Å². The Bertz CT molecular complexity index is 1270. The van der Waals surface area contributed by atoms with E-state index in [1.807, 2.05) is 19.9 Å². The smallest absolute Gasteiger partial charge is 0.271 e. The molecule has 0 fully saturated rings. The van der Waals surface area contributed by atoms with Gasteiger partial charge in [-0.3, -0.25) is 19.2 Å². The largest absolute Gasteiger partial charge is 0.324 e. The van der Waals surface area contributed by atoms with Crippen molar-refractivity contribution in [2.75, 3.05) is 16.2 Å². The third-order valence-electron chi connectivity index (χ3n) is 4.89. The van der Waals surface area contributed by atoms with Gasteiger partial charge in [-0.1, -0.05) is 35.9 Å². The first-order valence-corrected chi connectivity index (χ1v) is 11.2. The Kier molecular flexibility index (Phi) is 6.59. The number of rotatable bonds is 7. The van der Waals surface area contributed by atoms with Crippen LogP contribution in [0, 0.1) is 30.9 Å². The number of nitrogens with one attached hydrogen (secondary N) is 1. The summed E-state index contributed by atoms with van der Waals surface area (Å²) >= 11 is 0. The minimum absolute atomic E-state index is 0.0592. The molecule has 0 saturated heterocycles. The van der Waals surface area contributed by atoms with E-state index in [9.17, 15) is 23.3 Å². The number of hydrogen-bond acceptors (Lipinski definition) is 5. The molecule has 0 saturated carbocycles. The number of anilines is 2. The van der Waals surface area contributed by atoms with Crippen molar-refractivity contribution in [1.82, 2.24) is 0 Å². The van der Waals surface area contributed by atoms with Gasteiger partial charge in [-0.15, -0.1) is 0 Å². The number of non-ortho nitro benzene ring substituents is 1. The number of nitro benzene ring substituents is 1. The molecule has 32 heavy (non-hydrogen) atoms. The Morgan fingerprint density at radius 2 is 1.66 bits per heavy atom. The molecule has 1 N–H and O–H groups in total. The Morgan fingerprint density at radius 3 is 2.28 bits per heavy atom. The van der Waals surface area contributed by atoms with Gasteiger partial charge in [-0.05, 0) is 56.2 Å². The van der Waals surface area contributed by atoms with Gasteiger partial charge in [0.15, 0.2) is 0 Å². The van der Waals surface area contributed by atoms with Crippen LogP contribution in [-0.4, -0.2) is 25.8 Å². The highest BCUT2D eigenvalue weighted by Gasteiger charge is 2.27. The molecule has 1 amide bonds. The molecule has 0 atom stereocenters. The van der Waals surface area contributed by atoms with E-state index in [0.29, 0.717) is 11.3 Å². The van der Waals surface area contributed by atoms with Gasteiger partial charge < -0.3 is 5.32 Å². The van der Waals surface area contributed by atoms with E-state index in [1.165, 1.54) is 30.3 Å². The lowest BCUT2D eigenvalue weighted by molar-refractivity contribution is -0.384. The van der Waals surface area contributed by atoms with Crippen LogP contribution in [0.2, 0.25) is 0 Å². The Hall–Kier alpha value is -3.72. The van der Waals surface area contributed by atoms with Crippen molar-refractivity contribution in [3.63, 3.8) is 0 Å². The quantitative estimate of drug-likeness (QED) is 0.422. The fraction of sp³-hybridized carbons (Fsp3) is 0.174. The topological polar surface area (TPSA) is 110 Å². The maximum absolute atomic E-state index is 13.4. The Balaban J connectivity index is 1.96. The Labute approximate surface area is 186 Å². The lowest BCUT2D eigenvalue weighted by Gasteiger charge is -2.24. The van der Waals surface area contributed by atoms with E-state index < -0.39 is 27.4 Å². The summed E-state index contributed by atoms with van der Waals surface area (Å²) in [4.78, 5) is 23.4. The van der Waals surface area contributed by atoms with E-state index in [4.69, 9.17) is 0 Å². The molecule has 0 aliphatic carbocycles. The predicted octanol–water partition coefficient (Wildman–Crippen LogP) is 4.35. The van der Waals surface area contributed by atoms with Crippen molar-refractivity contribution < 1.29 is 18.1 Å². The zero-order valence-electron chi connectivity index (χ0n) is 17.9. The SMILES string of the molecule is Cc1ccc(S(=O)(=O)N(CC(=O)Nc2cc([N+](=O)[O-])ccc2C)c2cccc(C)c2)cc1. The van der Waals surface area contributed by atoms with E-state index in [-0.39, 0.29) is 16.3 Å². The highest BCUT2D eigenvalue weighted by molar-refractivity contribution is 7.92. The van der Waals surface area contributed by atoms with Gasteiger partial charge in [-0.2, -0.15) is 0 Å². The van der Waals surface area contributed by atoms with E-state index in [1.54, 1.807) is 37.3 Å². The molecular weight excluding hydrogens is 430 g/mol. The van der Waals surface area contributed by atoms with Crippen molar-refractivity contribution in [2.45, 2.75) is 25.7 Å². The molecule has 0 heterocycles. The Morgan fingerprint density at radius 1 is 0.969 bits per heavy atom. The summed E-state index contributed by atoms with van der Waals surface area (Å²) in [5.41, 5.74) is 2.78. The minimum atomic E-state index is -4.04. The van der Waals surface area contributed by atoms with Crippen molar-refractivity contribution in [3.05, 3.63) is 93.5 Å². The first kappa shape index (κ1) is 23.0. The molecule has 0 aliphatic rings. The highest BCUT2D eigenvalue weighted by atomic mass is 32.2. The second kappa shape index (κ2) is 9.19. The third kappa shape index (κ3) is 5.12. The van der Waals surface area contributed by atoms with Crippen LogP contribution in [0.1, 0.15) is 16.7 Å². The monoisotopic (exact) mass is 453 g/mol. The number of aryl methyl sites for hydroxylation is 3. The molecule has 166 valence electrons. The fourth-order valence-electron chi connectivity index (χ4n) is 3.11. The number of benzene rings is 3. The van der Waals surface area contributed by atoms with Crippen LogP contribution in [0.15, 0.2) is 71.6 Å². The number of carbonyl (C=O) groups excluding carboxylic acids is 1. The lowest BCUT2D eigenvalue weighted by atomic mass is 10.2. The number of amides is 1. The molecule has 0 radical (unpaired) electrons. The molecule has 0 unspecified atom stereocenters. The molecule has 3 rings (SSSR count). The van der Waals surface area contributed by atoms with E-state index >= 15 is 0 Å². The average molecular weight is 454 g/mol. The van der Waals surface area contributed by atoms with Crippen molar-refractivity contribution in [3.8, 4) is 0 Å². The molecule has 3 aromatic rings. The molecule has 9 heteroatoms. The number of nitrogens with zero attached hydrogens (tertiary/aromatic N) is 2. The summed E-state index contributed by atoms with van der Waals surface area (Å²) in [6.07, 6.45) is 0. The second-order valence-electron chi connectivity index (χ2n) is 7.47. The number of sulfonamides is 1. The van der Waals surface area contributed by atoms with Crippen LogP contribution in [-0.2, 0) is 14.8 Å². The normalized spacial score (nSPS) is 11.1. The zero-order chi connectivity index (χ0) is 23.5. The van der Waals surface area contributed by atoms with Crippen LogP contribution in [0.4, 0.5) is 17.1 Å². The van der Waals surface area contributed by atoms with Crippen LogP contribution in [0.3, 0.4) is 0 Å². The third-order valence-corrected chi connectivity index (χ3v) is 6.68. The molecule has 0 aliphatic heterocycles. The molecular formula is C23H23N3O5S. The fourth-order valence-corrected chi connectivity index (χ4v) is 4.53. The first-order valence-electron chi connectivity index (χ1n) is 9.79. The minimum Gasteiger partial charge on any atom is -0.324 e. The summed E-state index contributed by atoms with van der Waals surface area (Å²) in [7, 11) is -4.04. The van der Waals surface area contributed by atoms with E-state index in [0.717, 1.165) is 15.4 Å². The van der Waals surface area contributed by atoms with Gasteiger partial charge in [0.1, 0.15) is 6.54 Å². The summed E-state index contributed by atoms with van der Waals surface area (Å²) in [5.74, 6) is -0.620. The predicted molar refractivity (Wildman–Crippen MR) is 123 cm³/mol. The first-order chi connectivity index (χ1) is 15.1. The summed E-state index contributed by atoms with van der Waals surface area (Å²) in [6, 6.07) is 17.3. The van der Waals surface area contributed by atoms with Gasteiger partial charge >= 0.3 is 0 Å². The lowest BCUT2D eigenvalue weighted by Crippen LogP contribution is -2.38. The van der Waals surface area contributed by atoms with Crippen LogP contribution in [0.25, 0.3) is 0 Å². The maximum atomic E-state index is 13.4. The standard InChI is InChI=1S/C23H23N3O5S/c1-16-7-11-21(12-8-16)32(30,31)25(19-6-4-5-17(2)13-19)15-23(27)24-22-14-20(26(28)29)10-9-18(22)3/h4-14H,15H2,1-3H3,(H,24,27).